The summed E-state index contributed by atoms with van der Waals surface area (Å²) in [4.78, 5) is 40.4. The monoisotopic (exact) mass is 544 g/mol. The van der Waals surface area contributed by atoms with E-state index in [1.54, 1.807) is 19.1 Å². The van der Waals surface area contributed by atoms with Crippen LogP contribution in [0.3, 0.4) is 0 Å². The van der Waals surface area contributed by atoms with Crippen molar-refractivity contribution < 1.29 is 23.6 Å². The summed E-state index contributed by atoms with van der Waals surface area (Å²) in [6, 6.07) is 17.9. The lowest BCUT2D eigenvalue weighted by Crippen LogP contribution is -2.42. The van der Waals surface area contributed by atoms with Gasteiger partial charge in [0.15, 0.2) is 0 Å². The quantitative estimate of drug-likeness (QED) is 0.185. The molecule has 0 unspecified atom stereocenters. The molecule has 11 heteroatoms. The molecule has 11 nitrogen and oxygen atoms in total. The van der Waals surface area contributed by atoms with Gasteiger partial charge in [0.2, 0.25) is 23.5 Å². The summed E-state index contributed by atoms with van der Waals surface area (Å²) in [5.41, 5.74) is 13.3. The first kappa shape index (κ1) is 28.2. The van der Waals surface area contributed by atoms with Crippen LogP contribution < -0.4 is 26.8 Å². The van der Waals surface area contributed by atoms with Crippen LogP contribution in [0.2, 0.25) is 0 Å². The SMILES string of the molecule is Cc1nc(-c2ccc(C[C@@H](N)C(=O)NCCCCOc3cc4ccccc4cc3C(=O)NCC(N)=O)cc2)no1. The van der Waals surface area contributed by atoms with Crippen molar-refractivity contribution in [2.45, 2.75) is 32.2 Å². The van der Waals surface area contributed by atoms with Gasteiger partial charge in [0.05, 0.1) is 24.8 Å². The summed E-state index contributed by atoms with van der Waals surface area (Å²) in [7, 11) is 0. The lowest BCUT2D eigenvalue weighted by Gasteiger charge is -2.14. The highest BCUT2D eigenvalue weighted by Crippen LogP contribution is 2.26. The number of nitrogens with one attached hydrogen (secondary N) is 2. The van der Waals surface area contributed by atoms with Crippen molar-refractivity contribution in [3.05, 3.63) is 77.7 Å². The van der Waals surface area contributed by atoms with Crippen molar-refractivity contribution in [1.29, 1.82) is 0 Å². The molecule has 0 spiro atoms. The zero-order valence-electron chi connectivity index (χ0n) is 22.2. The number of aryl methyl sites for hydroxylation is 1. The van der Waals surface area contributed by atoms with Gasteiger partial charge >= 0.3 is 0 Å². The second kappa shape index (κ2) is 13.3. The number of unbranched alkanes of at least 4 members (excludes halogenated alkanes) is 1. The molecule has 208 valence electrons. The van der Waals surface area contributed by atoms with Gasteiger partial charge in [-0.05, 0) is 47.7 Å². The maximum Gasteiger partial charge on any atom is 0.255 e. The third-order valence-corrected chi connectivity index (χ3v) is 6.18. The van der Waals surface area contributed by atoms with Crippen molar-refractivity contribution in [3.8, 4) is 17.1 Å². The van der Waals surface area contributed by atoms with Crippen LogP contribution in [0.4, 0.5) is 0 Å². The van der Waals surface area contributed by atoms with Crippen LogP contribution in [0.25, 0.3) is 22.2 Å². The number of benzene rings is 3. The molecule has 0 saturated heterocycles. The number of rotatable bonds is 13. The Bertz CT molecular complexity index is 1480. The van der Waals surface area contributed by atoms with E-state index in [4.69, 9.17) is 20.7 Å². The zero-order chi connectivity index (χ0) is 28.5. The van der Waals surface area contributed by atoms with E-state index >= 15 is 0 Å². The first-order valence-electron chi connectivity index (χ1n) is 12.9. The second-order valence-corrected chi connectivity index (χ2v) is 9.34. The molecule has 0 aliphatic rings. The number of aromatic nitrogens is 2. The highest BCUT2D eigenvalue weighted by atomic mass is 16.5. The van der Waals surface area contributed by atoms with Crippen molar-refractivity contribution >= 4 is 28.5 Å². The third-order valence-electron chi connectivity index (χ3n) is 6.18. The van der Waals surface area contributed by atoms with Crippen molar-refractivity contribution in [2.24, 2.45) is 11.5 Å². The Labute approximate surface area is 231 Å². The summed E-state index contributed by atoms with van der Waals surface area (Å²) in [6.45, 7) is 2.24. The number of fused-ring (bicyclic) bond motifs is 1. The van der Waals surface area contributed by atoms with Gasteiger partial charge in [-0.2, -0.15) is 4.98 Å². The molecule has 1 aromatic heterocycles. The Balaban J connectivity index is 1.22. The molecule has 3 amide bonds. The van der Waals surface area contributed by atoms with Crippen LogP contribution in [0.15, 0.2) is 65.2 Å². The van der Waals surface area contributed by atoms with Gasteiger partial charge < -0.3 is 31.4 Å². The van der Waals surface area contributed by atoms with Crippen LogP contribution in [-0.4, -0.2) is 53.6 Å². The van der Waals surface area contributed by atoms with E-state index in [0.717, 1.165) is 21.9 Å². The number of primary amides is 1. The second-order valence-electron chi connectivity index (χ2n) is 9.34. The molecule has 1 atom stereocenters. The molecule has 6 N–H and O–H groups in total. The third kappa shape index (κ3) is 7.64. The van der Waals surface area contributed by atoms with Gasteiger partial charge in [0, 0.05) is 19.0 Å². The molecule has 0 radical (unpaired) electrons. The minimum Gasteiger partial charge on any atom is -0.493 e. The summed E-state index contributed by atoms with van der Waals surface area (Å²) < 4.78 is 10.9. The Morgan fingerprint density at radius 3 is 2.40 bits per heavy atom. The van der Waals surface area contributed by atoms with E-state index in [0.29, 0.717) is 55.4 Å². The fraction of sp³-hybridized carbons (Fsp3) is 0.276. The molecule has 0 aliphatic carbocycles. The first-order valence-corrected chi connectivity index (χ1v) is 12.9. The molecule has 0 aliphatic heterocycles. The normalized spacial score (nSPS) is 11.7. The van der Waals surface area contributed by atoms with Gasteiger partial charge in [-0.1, -0.05) is 53.7 Å². The van der Waals surface area contributed by atoms with E-state index in [2.05, 4.69) is 20.8 Å². The number of carbonyl (C=O) groups is 3. The molecule has 4 rings (SSSR count). The minimum atomic E-state index is -0.686. The number of carbonyl (C=O) groups excluding carboxylic acids is 3. The Morgan fingerprint density at radius 2 is 1.73 bits per heavy atom. The molecular weight excluding hydrogens is 512 g/mol. The lowest BCUT2D eigenvalue weighted by molar-refractivity contribution is -0.122. The highest BCUT2D eigenvalue weighted by molar-refractivity contribution is 6.02. The molecule has 4 aromatic rings. The van der Waals surface area contributed by atoms with Crippen LogP contribution in [-0.2, 0) is 16.0 Å². The van der Waals surface area contributed by atoms with Crippen LogP contribution >= 0.6 is 0 Å². The van der Waals surface area contributed by atoms with Crippen molar-refractivity contribution in [2.75, 3.05) is 19.7 Å². The Hall–Kier alpha value is -4.77. The minimum absolute atomic E-state index is 0.235. The first-order chi connectivity index (χ1) is 19.3. The maximum absolute atomic E-state index is 12.6. The molecule has 3 aromatic carbocycles. The van der Waals surface area contributed by atoms with Gasteiger partial charge in [-0.25, -0.2) is 0 Å². The maximum atomic E-state index is 12.6. The van der Waals surface area contributed by atoms with Gasteiger partial charge in [-0.15, -0.1) is 0 Å². The number of nitrogens with zero attached hydrogens (tertiary/aromatic N) is 2. The number of hydrogen-bond acceptors (Lipinski definition) is 8. The van der Waals surface area contributed by atoms with E-state index in [9.17, 15) is 14.4 Å². The van der Waals surface area contributed by atoms with Crippen LogP contribution in [0.1, 0.15) is 34.7 Å². The molecule has 40 heavy (non-hydrogen) atoms. The lowest BCUT2D eigenvalue weighted by atomic mass is 10.0. The number of hydrogen-bond donors (Lipinski definition) is 4. The summed E-state index contributed by atoms with van der Waals surface area (Å²) >= 11 is 0. The smallest absolute Gasteiger partial charge is 0.255 e. The summed E-state index contributed by atoms with van der Waals surface area (Å²) in [6.07, 6.45) is 1.69. The highest BCUT2D eigenvalue weighted by Gasteiger charge is 2.16. The molecular formula is C29H32N6O5. The van der Waals surface area contributed by atoms with E-state index in [1.165, 1.54) is 0 Å². The van der Waals surface area contributed by atoms with Crippen molar-refractivity contribution in [1.82, 2.24) is 20.8 Å². The summed E-state index contributed by atoms with van der Waals surface area (Å²) in [5.74, 6) is 0.103. The van der Waals surface area contributed by atoms with E-state index < -0.39 is 17.9 Å². The predicted molar refractivity (Wildman–Crippen MR) is 149 cm³/mol. The van der Waals surface area contributed by atoms with Gasteiger partial charge in [-0.3, -0.25) is 14.4 Å². The van der Waals surface area contributed by atoms with E-state index in [-0.39, 0.29) is 12.5 Å². The topological polar surface area (TPSA) is 175 Å². The molecule has 0 saturated carbocycles. The standard InChI is InChI=1S/C29H32N6O5/c1-18-34-27(35-40-18)20-10-8-19(9-11-20)14-24(30)29(38)32-12-4-5-13-39-25-16-22-7-3-2-6-21(22)15-23(25)28(37)33-17-26(31)36/h2-3,6-11,15-16,24H,4-5,12-14,17,30H2,1H3,(H2,31,36)(H,32,38)(H,33,37)/t24-/m1/s1. The van der Waals surface area contributed by atoms with Gasteiger partial charge in [0.1, 0.15) is 5.75 Å². The summed E-state index contributed by atoms with van der Waals surface area (Å²) in [5, 5.41) is 11.1. The average Bonchev–Trinajstić information content (AvgIpc) is 3.39. The Morgan fingerprint density at radius 1 is 1.00 bits per heavy atom. The van der Waals surface area contributed by atoms with Crippen LogP contribution in [0, 0.1) is 6.92 Å². The van der Waals surface area contributed by atoms with Crippen molar-refractivity contribution in [3.63, 3.8) is 0 Å². The number of nitrogens with two attached hydrogens (primary N) is 2. The average molecular weight is 545 g/mol. The number of ether oxygens (including phenoxy) is 1. The molecule has 0 bridgehead atoms. The van der Waals surface area contributed by atoms with E-state index in [1.807, 2.05) is 48.5 Å². The van der Waals surface area contributed by atoms with Crippen LogP contribution in [0.5, 0.6) is 5.75 Å². The largest absolute Gasteiger partial charge is 0.493 e. The number of amides is 3. The van der Waals surface area contributed by atoms with Gasteiger partial charge in [0.25, 0.3) is 5.91 Å². The molecule has 1 heterocycles. The Kier molecular flexibility index (Phi) is 9.42. The predicted octanol–water partition coefficient (Wildman–Crippen LogP) is 2.26. The molecule has 0 fully saturated rings. The fourth-order valence-corrected chi connectivity index (χ4v) is 4.08. The zero-order valence-corrected chi connectivity index (χ0v) is 22.2. The fourth-order valence-electron chi connectivity index (χ4n) is 4.08.